The van der Waals surface area contributed by atoms with Gasteiger partial charge in [0.1, 0.15) is 23.6 Å². The van der Waals surface area contributed by atoms with E-state index in [4.69, 9.17) is 16.3 Å². The van der Waals surface area contributed by atoms with Crippen LogP contribution in [0.5, 0.6) is 0 Å². The van der Waals surface area contributed by atoms with Gasteiger partial charge in [0, 0.05) is 56.2 Å². The average Bonchev–Trinajstić information content (AvgIpc) is 3.17. The first-order chi connectivity index (χ1) is 16.1. The Morgan fingerprint density at radius 2 is 2.03 bits per heavy atom. The maximum absolute atomic E-state index is 12.6. The highest BCUT2D eigenvalue weighted by Gasteiger charge is 2.32. The Kier molecular flexibility index (Phi) is 6.35. The van der Waals surface area contributed by atoms with E-state index < -0.39 is 5.60 Å². The molecular formula is C23H28ClN7O3. The SMILES string of the molecule is C[C@H]1CN(C(=O)OC(C)(C)C)CCN1c1ncnc2c1c(N(C)C=O)cn2-c1cc(Cl)ccn1. The minimum absolute atomic E-state index is 0.0404. The number of ether oxygens (including phenoxy) is 1. The van der Waals surface area contributed by atoms with Crippen LogP contribution in [0.4, 0.5) is 16.3 Å². The van der Waals surface area contributed by atoms with E-state index in [1.807, 2.05) is 27.7 Å². The van der Waals surface area contributed by atoms with Crippen molar-refractivity contribution in [2.24, 2.45) is 0 Å². The van der Waals surface area contributed by atoms with E-state index in [0.29, 0.717) is 47.6 Å². The summed E-state index contributed by atoms with van der Waals surface area (Å²) in [6.07, 6.45) is 5.33. The molecule has 1 saturated heterocycles. The van der Waals surface area contributed by atoms with E-state index in [1.165, 1.54) is 11.2 Å². The van der Waals surface area contributed by atoms with Crippen LogP contribution in [0.2, 0.25) is 5.02 Å². The number of hydrogen-bond acceptors (Lipinski definition) is 7. The molecule has 3 aromatic rings. The number of hydrogen-bond donors (Lipinski definition) is 0. The molecule has 0 radical (unpaired) electrons. The third-order valence-corrected chi connectivity index (χ3v) is 5.82. The number of carbonyl (C=O) groups excluding carboxylic acids is 2. The molecule has 0 bridgehead atoms. The van der Waals surface area contributed by atoms with Gasteiger partial charge in [-0.2, -0.15) is 0 Å². The third kappa shape index (κ3) is 4.63. The first-order valence-electron chi connectivity index (χ1n) is 11.0. The molecular weight excluding hydrogens is 458 g/mol. The number of aromatic nitrogens is 4. The second-order valence-corrected chi connectivity index (χ2v) is 9.73. The van der Waals surface area contributed by atoms with Crippen LogP contribution in [0.15, 0.2) is 30.9 Å². The van der Waals surface area contributed by atoms with Gasteiger partial charge >= 0.3 is 6.09 Å². The minimum Gasteiger partial charge on any atom is -0.444 e. The fourth-order valence-electron chi connectivity index (χ4n) is 4.03. The quantitative estimate of drug-likeness (QED) is 0.521. The van der Waals surface area contributed by atoms with Crippen LogP contribution in [0.25, 0.3) is 16.9 Å². The normalized spacial score (nSPS) is 16.6. The minimum atomic E-state index is -0.554. The predicted octanol–water partition coefficient (Wildman–Crippen LogP) is 3.51. The van der Waals surface area contributed by atoms with E-state index in [9.17, 15) is 9.59 Å². The standard InChI is InChI=1S/C23H28ClN7O3/c1-15-11-29(22(33)34-23(2,3)4)8-9-30(15)20-19-17(28(5)14-32)12-31(21(19)27-13-26-20)18-10-16(24)6-7-25-18/h6-7,10,12-15H,8-9,11H2,1-5H3/t15-/m0/s1. The lowest BCUT2D eigenvalue weighted by molar-refractivity contribution is -0.107. The molecule has 0 saturated carbocycles. The molecule has 1 aliphatic rings. The molecule has 3 aromatic heterocycles. The van der Waals surface area contributed by atoms with Gasteiger partial charge in [0.15, 0.2) is 5.65 Å². The highest BCUT2D eigenvalue weighted by Crippen LogP contribution is 2.36. The number of nitrogens with zero attached hydrogens (tertiary/aromatic N) is 7. The number of fused-ring (bicyclic) bond motifs is 1. The topological polar surface area (TPSA) is 96.7 Å². The van der Waals surface area contributed by atoms with Crippen LogP contribution in [0.1, 0.15) is 27.7 Å². The Balaban J connectivity index is 1.74. The first-order valence-corrected chi connectivity index (χ1v) is 11.4. The summed E-state index contributed by atoms with van der Waals surface area (Å²) in [5.74, 6) is 1.27. The number of carbonyl (C=O) groups is 2. The molecule has 180 valence electrons. The van der Waals surface area contributed by atoms with Crippen molar-refractivity contribution in [3.05, 3.63) is 35.9 Å². The van der Waals surface area contributed by atoms with Crippen molar-refractivity contribution in [2.75, 3.05) is 36.5 Å². The molecule has 1 aliphatic heterocycles. The molecule has 0 N–H and O–H groups in total. The van der Waals surface area contributed by atoms with Crippen molar-refractivity contribution in [3.63, 3.8) is 0 Å². The molecule has 1 fully saturated rings. The number of halogens is 1. The number of pyridine rings is 1. The maximum atomic E-state index is 12.6. The second kappa shape index (κ2) is 9.09. The van der Waals surface area contributed by atoms with Crippen molar-refractivity contribution in [1.29, 1.82) is 0 Å². The Morgan fingerprint density at radius 1 is 1.26 bits per heavy atom. The van der Waals surface area contributed by atoms with Gasteiger partial charge in [-0.3, -0.25) is 9.36 Å². The molecule has 2 amide bonds. The summed E-state index contributed by atoms with van der Waals surface area (Å²) < 4.78 is 7.34. The molecule has 4 rings (SSSR count). The van der Waals surface area contributed by atoms with Gasteiger partial charge < -0.3 is 19.4 Å². The lowest BCUT2D eigenvalue weighted by atomic mass is 10.1. The van der Waals surface area contributed by atoms with E-state index in [1.54, 1.807) is 41.0 Å². The molecule has 4 heterocycles. The zero-order valence-electron chi connectivity index (χ0n) is 19.9. The monoisotopic (exact) mass is 485 g/mol. The number of rotatable bonds is 4. The zero-order chi connectivity index (χ0) is 24.6. The van der Waals surface area contributed by atoms with Gasteiger partial charge in [-0.05, 0) is 33.8 Å². The van der Waals surface area contributed by atoms with Crippen molar-refractivity contribution in [3.8, 4) is 5.82 Å². The fraction of sp³-hybridized carbons (Fsp3) is 0.435. The highest BCUT2D eigenvalue weighted by molar-refractivity contribution is 6.30. The van der Waals surface area contributed by atoms with E-state index >= 15 is 0 Å². The number of anilines is 2. The molecule has 0 aliphatic carbocycles. The predicted molar refractivity (Wildman–Crippen MR) is 131 cm³/mol. The van der Waals surface area contributed by atoms with Crippen LogP contribution in [0, 0.1) is 0 Å². The summed E-state index contributed by atoms with van der Waals surface area (Å²) in [6, 6.07) is 3.39. The van der Waals surface area contributed by atoms with Gasteiger partial charge in [0.05, 0.1) is 11.1 Å². The number of amides is 2. The fourth-order valence-corrected chi connectivity index (χ4v) is 4.19. The van der Waals surface area contributed by atoms with Crippen LogP contribution in [-0.2, 0) is 9.53 Å². The van der Waals surface area contributed by atoms with Crippen LogP contribution < -0.4 is 9.80 Å². The van der Waals surface area contributed by atoms with Gasteiger partial charge in [0.2, 0.25) is 6.41 Å². The van der Waals surface area contributed by atoms with Gasteiger partial charge in [-0.1, -0.05) is 11.6 Å². The van der Waals surface area contributed by atoms with Crippen LogP contribution >= 0.6 is 11.6 Å². The van der Waals surface area contributed by atoms with Gasteiger partial charge in [0.25, 0.3) is 0 Å². The Hall–Kier alpha value is -3.40. The van der Waals surface area contributed by atoms with Crippen LogP contribution in [0.3, 0.4) is 0 Å². The van der Waals surface area contributed by atoms with E-state index in [2.05, 4.69) is 19.9 Å². The molecule has 1 atom stereocenters. The molecule has 34 heavy (non-hydrogen) atoms. The van der Waals surface area contributed by atoms with E-state index in [-0.39, 0.29) is 12.1 Å². The summed E-state index contributed by atoms with van der Waals surface area (Å²) in [5, 5.41) is 1.26. The number of piperazine rings is 1. The Morgan fingerprint density at radius 3 is 2.68 bits per heavy atom. The lowest BCUT2D eigenvalue weighted by Gasteiger charge is -2.41. The molecule has 0 aromatic carbocycles. The van der Waals surface area contributed by atoms with Crippen molar-refractivity contribution in [2.45, 2.75) is 39.3 Å². The summed E-state index contributed by atoms with van der Waals surface area (Å²) in [6.45, 7) is 9.11. The largest absolute Gasteiger partial charge is 0.444 e. The van der Waals surface area contributed by atoms with Crippen molar-refractivity contribution in [1.82, 2.24) is 24.4 Å². The molecule has 11 heteroatoms. The maximum Gasteiger partial charge on any atom is 0.410 e. The second-order valence-electron chi connectivity index (χ2n) is 9.30. The molecule has 0 unspecified atom stereocenters. The Labute approximate surface area is 203 Å². The third-order valence-electron chi connectivity index (χ3n) is 5.59. The smallest absolute Gasteiger partial charge is 0.410 e. The average molecular weight is 486 g/mol. The van der Waals surface area contributed by atoms with Crippen LogP contribution in [-0.4, -0.2) is 75.2 Å². The highest BCUT2D eigenvalue weighted by atomic mass is 35.5. The van der Waals surface area contributed by atoms with Gasteiger partial charge in [-0.25, -0.2) is 19.7 Å². The summed E-state index contributed by atoms with van der Waals surface area (Å²) in [4.78, 5) is 43.1. The summed E-state index contributed by atoms with van der Waals surface area (Å²) in [7, 11) is 1.68. The Bertz CT molecular complexity index is 1220. The summed E-state index contributed by atoms with van der Waals surface area (Å²) >= 11 is 6.19. The van der Waals surface area contributed by atoms with Crippen molar-refractivity contribution < 1.29 is 14.3 Å². The molecule has 0 spiro atoms. The summed E-state index contributed by atoms with van der Waals surface area (Å²) in [5.41, 5.74) is 0.691. The van der Waals surface area contributed by atoms with E-state index in [0.717, 1.165) is 11.8 Å². The lowest BCUT2D eigenvalue weighted by Crippen LogP contribution is -2.54. The molecule has 10 nitrogen and oxygen atoms in total. The van der Waals surface area contributed by atoms with Gasteiger partial charge in [-0.15, -0.1) is 0 Å². The zero-order valence-corrected chi connectivity index (χ0v) is 20.7. The van der Waals surface area contributed by atoms with Crippen molar-refractivity contribution >= 4 is 46.6 Å². The first kappa shape index (κ1) is 23.7.